The van der Waals surface area contributed by atoms with E-state index >= 15 is 0 Å². The first-order chi connectivity index (χ1) is 68.1. The Hall–Kier alpha value is -11.7. The van der Waals surface area contributed by atoms with Crippen LogP contribution in [0.25, 0.3) is 12.8 Å². The van der Waals surface area contributed by atoms with Gasteiger partial charge in [-0.2, -0.15) is 0 Å². The van der Waals surface area contributed by atoms with E-state index in [4.69, 9.17) is 47.4 Å². The van der Waals surface area contributed by atoms with Crippen molar-refractivity contribution in [2.45, 2.75) is 322 Å². The minimum Gasteiger partial charge on any atom is -0.499 e. The van der Waals surface area contributed by atoms with E-state index in [1.54, 1.807) is 159 Å². The minimum absolute atomic E-state index is 0.00257. The highest BCUT2D eigenvalue weighted by Crippen LogP contribution is 2.40. The van der Waals surface area contributed by atoms with Crippen molar-refractivity contribution >= 4 is 102 Å². The van der Waals surface area contributed by atoms with Gasteiger partial charge in [-0.1, -0.05) is 159 Å². The minimum atomic E-state index is -1.26. The molecule has 0 radical (unpaired) electrons. The molecule has 17 unspecified atom stereocenters. The molecule has 2 aliphatic rings. The van der Waals surface area contributed by atoms with E-state index in [-0.39, 0.29) is 135 Å². The van der Waals surface area contributed by atoms with Crippen LogP contribution in [-0.2, 0) is 139 Å². The standard InChI is InChI=1S/C43H58N2O14.2C35H55NO8/c1-24(39(48)49)17-30(18-25(2)40(50)51)37(46)44-13-15-58-35-22-28-9-6-8-12-34(28)36(23-29-10-5-7-11-33(29)35)59-16-14-45-38(47)31(19-26(3)41(52)53)21-32(43(56)57)20-27(4)42(54)55;1-22(30(38)42-33(3,4)5)18-25(29(37)36-16-17-41-28-21-24-14-12-13-15-27(24)28)20-26(32(40)44-35(9,10)11)19-23(2)31(39)43-34(6,7)8;1-23-15-13-14-16-26(23)22-41-18-17-36-29(37)27(19-24(2)30(38)42-33(4,5)6)21-28(32(40)44-35(10,11)12)20-25(3)31(39)43-34(7,8)9/h5-12,24-27,30-32,35-36H,13-23H2,1-4H3,(H,44,46)(H,45,47)(H,48,49)(H,50,51)(H,52,53)(H,54,55)(H,56,57);12-15,22-23,25-26,28H,16-21H2,1-11H3,(H,36,37);13-16,22,24-25,27-28H,1,17-21H2,2-12H3,(H,36,37)/b;;26-22+. The van der Waals surface area contributed by atoms with Gasteiger partial charge in [-0.25, -0.2) is 0 Å². The Labute approximate surface area is 867 Å². The van der Waals surface area contributed by atoms with Crippen molar-refractivity contribution < 1.29 is 145 Å². The number of hydrogen-bond donors (Lipinski definition) is 9. The molecule has 0 aliphatic heterocycles. The summed E-state index contributed by atoms with van der Waals surface area (Å²) in [5.74, 6) is -22.1. The lowest BCUT2D eigenvalue weighted by atomic mass is 9.82. The van der Waals surface area contributed by atoms with E-state index in [2.05, 4.69) is 33.9 Å². The number of aliphatic carboxylic acids is 5. The normalized spacial score (nSPS) is 17.3. The van der Waals surface area contributed by atoms with Gasteiger partial charge in [-0.3, -0.25) is 71.9 Å². The van der Waals surface area contributed by atoms with Crippen LogP contribution < -0.4 is 31.7 Å². The van der Waals surface area contributed by atoms with E-state index < -0.39 is 212 Å². The van der Waals surface area contributed by atoms with Crippen LogP contribution in [0.5, 0.6) is 0 Å². The molecule has 0 fully saturated rings. The number of carboxylic acids is 5. The molecule has 2 aliphatic carbocycles. The molecule has 34 nitrogen and oxygen atoms in total. The molecule has 147 heavy (non-hydrogen) atoms. The maximum Gasteiger partial charge on any atom is 0.309 e. The van der Waals surface area contributed by atoms with Crippen molar-refractivity contribution in [2.75, 3.05) is 52.6 Å². The van der Waals surface area contributed by atoms with Crippen molar-refractivity contribution in [1.29, 1.82) is 0 Å². The number of carbonyl (C=O) groups is 15. The highest BCUT2D eigenvalue weighted by Gasteiger charge is 2.42. The van der Waals surface area contributed by atoms with Crippen LogP contribution in [0.4, 0.5) is 0 Å². The fourth-order valence-electron chi connectivity index (χ4n) is 16.8. The zero-order valence-corrected chi connectivity index (χ0v) is 91.4. The number of nitrogens with one attached hydrogen (secondary N) is 4. The summed E-state index contributed by atoms with van der Waals surface area (Å²) < 4.78 is 58.0. The SMILES string of the molecule is C=c1cccc/c1=C\OCCNC(=O)C(CC(C)C(=O)OC(C)(C)C)CC(CC(C)C(=O)OC(C)(C)C)C(=O)OC(C)(C)C.CC(CC(CC(CC(C)C(=O)O)C(=O)NCCOC1Cc2ccccc2C(OCCNC(=O)C(CC(C)C(=O)O)CC(C)C(=O)O)Cc2ccccc21)C(=O)O)C(=O)O.CC(CC(CC(CC(C)C(=O)OC(C)(C)C)C(=O)OC(C)(C)C)C(=O)NCCOC1Cc2ccccc21)C(=O)OC(C)(C)C. The molecule has 4 aromatic rings. The molecule has 820 valence electrons. The fourth-order valence-corrected chi connectivity index (χ4v) is 16.8. The number of hydrogen-bond acceptors (Lipinski definition) is 25. The fraction of sp³-hybridized carbons (Fsp3) is 0.637. The predicted molar refractivity (Wildman–Crippen MR) is 552 cm³/mol. The van der Waals surface area contributed by atoms with Crippen LogP contribution in [0.3, 0.4) is 0 Å². The molecule has 0 saturated carbocycles. The Morgan fingerprint density at radius 1 is 0.286 bits per heavy atom. The molecular weight excluding hydrogens is 1890 g/mol. The third kappa shape index (κ3) is 48.9. The summed E-state index contributed by atoms with van der Waals surface area (Å²) in [6, 6.07) is 31.1. The second-order valence-corrected chi connectivity index (χ2v) is 45.2. The molecule has 17 atom stereocenters. The van der Waals surface area contributed by atoms with E-state index in [0.29, 0.717) is 19.4 Å². The van der Waals surface area contributed by atoms with Gasteiger partial charge in [0.15, 0.2) is 0 Å². The summed E-state index contributed by atoms with van der Waals surface area (Å²) in [6.07, 6.45) is 2.67. The molecule has 0 spiro atoms. The summed E-state index contributed by atoms with van der Waals surface area (Å²) >= 11 is 0. The van der Waals surface area contributed by atoms with Crippen molar-refractivity contribution in [2.24, 2.45) is 88.8 Å². The van der Waals surface area contributed by atoms with Crippen molar-refractivity contribution in [3.05, 3.63) is 141 Å². The molecule has 4 aromatic carbocycles. The number of carboxylic acid groups (broad SMARTS) is 5. The number of ether oxygens (including phenoxy) is 10. The lowest BCUT2D eigenvalue weighted by Gasteiger charge is -2.30. The largest absolute Gasteiger partial charge is 0.499 e. The van der Waals surface area contributed by atoms with E-state index in [0.717, 1.165) is 39.1 Å². The quantitative estimate of drug-likeness (QED) is 0.0113. The van der Waals surface area contributed by atoms with Crippen molar-refractivity contribution in [3.8, 4) is 0 Å². The summed E-state index contributed by atoms with van der Waals surface area (Å²) in [7, 11) is 0. The summed E-state index contributed by atoms with van der Waals surface area (Å²) in [5, 5.41) is 60.5. The lowest BCUT2D eigenvalue weighted by Crippen LogP contribution is -2.39. The van der Waals surface area contributed by atoms with E-state index in [9.17, 15) is 97.5 Å². The second kappa shape index (κ2) is 59.5. The van der Waals surface area contributed by atoms with E-state index in [1.165, 1.54) is 38.8 Å². The van der Waals surface area contributed by atoms with Gasteiger partial charge in [0.1, 0.15) is 40.2 Å². The van der Waals surface area contributed by atoms with Gasteiger partial charge >= 0.3 is 65.7 Å². The number of esters is 6. The van der Waals surface area contributed by atoms with Crippen molar-refractivity contribution in [3.63, 3.8) is 0 Å². The third-order valence-corrected chi connectivity index (χ3v) is 24.4. The number of amides is 4. The average Bonchev–Trinajstić information content (AvgIpc) is 0.795. The van der Waals surface area contributed by atoms with Crippen LogP contribution in [-0.4, -0.2) is 201 Å². The number of carbonyl (C=O) groups excluding carboxylic acids is 10. The Kier molecular flexibility index (Phi) is 51.7. The maximum atomic E-state index is 13.6. The first-order valence-corrected chi connectivity index (χ1v) is 51.2. The summed E-state index contributed by atoms with van der Waals surface area (Å²) in [5.41, 5.74) is 1.90. The van der Waals surface area contributed by atoms with Gasteiger partial charge < -0.3 is 94.2 Å². The first kappa shape index (κ1) is 128. The number of fused-ring (bicyclic) bond motifs is 3. The molecule has 0 bridgehead atoms. The smallest absolute Gasteiger partial charge is 0.309 e. The van der Waals surface area contributed by atoms with Gasteiger partial charge in [-0.15, -0.1) is 0 Å². The molecule has 0 saturated heterocycles. The average molecular weight is 2060 g/mol. The molecule has 4 amide bonds. The Balaban J connectivity index is 0.000000467. The van der Waals surface area contributed by atoms with Gasteiger partial charge in [0.2, 0.25) is 23.6 Å². The third-order valence-electron chi connectivity index (χ3n) is 24.4. The van der Waals surface area contributed by atoms with E-state index in [1.807, 2.05) is 91.0 Å². The zero-order valence-electron chi connectivity index (χ0n) is 91.4. The molecule has 0 heterocycles. The van der Waals surface area contributed by atoms with Gasteiger partial charge in [-0.05, 0) is 234 Å². The van der Waals surface area contributed by atoms with Crippen LogP contribution in [0.1, 0.15) is 302 Å². The Morgan fingerprint density at radius 3 is 0.762 bits per heavy atom. The van der Waals surface area contributed by atoms with Gasteiger partial charge in [0.05, 0.1) is 116 Å². The number of rotatable bonds is 53. The highest BCUT2D eigenvalue weighted by atomic mass is 16.6. The molecule has 0 aromatic heterocycles. The summed E-state index contributed by atoms with van der Waals surface area (Å²) in [6.45, 7) is 49.9. The van der Waals surface area contributed by atoms with Gasteiger partial charge in [0.25, 0.3) is 0 Å². The maximum absolute atomic E-state index is 13.6. The first-order valence-electron chi connectivity index (χ1n) is 51.2. The molecule has 9 N–H and O–H groups in total. The lowest BCUT2D eigenvalue weighted by molar-refractivity contribution is -0.167. The van der Waals surface area contributed by atoms with Crippen LogP contribution in [0.2, 0.25) is 0 Å². The van der Waals surface area contributed by atoms with Crippen molar-refractivity contribution in [1.82, 2.24) is 21.3 Å². The summed E-state index contributed by atoms with van der Waals surface area (Å²) in [4.78, 5) is 190. The van der Waals surface area contributed by atoms with Crippen LogP contribution >= 0.6 is 0 Å². The predicted octanol–water partition coefficient (Wildman–Crippen LogP) is 15.4. The Bertz CT molecular complexity index is 5100. The molecular formula is C113H168N4O30. The monoisotopic (exact) mass is 2060 g/mol. The number of benzene rings is 4. The Morgan fingerprint density at radius 2 is 0.503 bits per heavy atom. The molecule has 6 rings (SSSR count). The topological polar surface area (TPSA) is 498 Å². The van der Waals surface area contributed by atoms with Crippen LogP contribution in [0.15, 0.2) is 97.1 Å². The second-order valence-electron chi connectivity index (χ2n) is 45.2. The zero-order chi connectivity index (χ0) is 111. The van der Waals surface area contributed by atoms with Crippen LogP contribution in [0, 0.1) is 88.8 Å². The highest BCUT2D eigenvalue weighted by molar-refractivity contribution is 5.85. The van der Waals surface area contributed by atoms with Gasteiger partial charge in [0, 0.05) is 67.8 Å². The molecule has 34 heteroatoms.